The lowest BCUT2D eigenvalue weighted by Gasteiger charge is -2.23. The van der Waals surface area contributed by atoms with Gasteiger partial charge in [-0.25, -0.2) is 8.42 Å². The monoisotopic (exact) mass is 362 g/mol. The van der Waals surface area contributed by atoms with E-state index in [1.807, 2.05) is 0 Å². The highest BCUT2D eigenvalue weighted by atomic mass is 32.2. The highest BCUT2D eigenvalue weighted by Gasteiger charge is 2.25. The maximum atomic E-state index is 12.6. The molecule has 0 aromatic heterocycles. The van der Waals surface area contributed by atoms with Gasteiger partial charge in [-0.1, -0.05) is 0 Å². The highest BCUT2D eigenvalue weighted by Crippen LogP contribution is 2.32. The molecule has 2 N–H and O–H groups in total. The summed E-state index contributed by atoms with van der Waals surface area (Å²) in [6.45, 7) is 3.40. The van der Waals surface area contributed by atoms with Gasteiger partial charge in [-0.2, -0.15) is 0 Å². The van der Waals surface area contributed by atoms with Crippen LogP contribution in [0.2, 0.25) is 0 Å². The molecule has 0 aliphatic carbocycles. The van der Waals surface area contributed by atoms with Crippen molar-refractivity contribution in [2.75, 3.05) is 17.1 Å². The van der Waals surface area contributed by atoms with Crippen LogP contribution in [0, 0.1) is 6.92 Å². The lowest BCUT2D eigenvalue weighted by atomic mass is 10.2. The molecule has 1 unspecified atom stereocenters. The Morgan fingerprint density at radius 2 is 1.96 bits per heavy atom. The van der Waals surface area contributed by atoms with E-state index in [4.69, 9.17) is 9.47 Å². The topological polar surface area (TPSA) is 93.7 Å². The van der Waals surface area contributed by atoms with Gasteiger partial charge in [0.25, 0.3) is 15.9 Å². The summed E-state index contributed by atoms with van der Waals surface area (Å²) in [5.74, 6) is 0.760. The molecule has 0 saturated heterocycles. The molecule has 0 saturated carbocycles. The number of benzene rings is 2. The molecule has 2 aromatic carbocycles. The first-order valence-corrected chi connectivity index (χ1v) is 9.07. The molecular formula is C17H18N2O5S. The smallest absolute Gasteiger partial charge is 0.265 e. The number of rotatable bonds is 4. The number of hydrogen-bond acceptors (Lipinski definition) is 5. The van der Waals surface area contributed by atoms with Gasteiger partial charge in [0.15, 0.2) is 6.10 Å². The van der Waals surface area contributed by atoms with E-state index in [1.165, 1.54) is 18.2 Å². The van der Waals surface area contributed by atoms with Crippen LogP contribution in [-0.4, -0.2) is 27.5 Å². The van der Waals surface area contributed by atoms with Crippen molar-refractivity contribution in [3.63, 3.8) is 0 Å². The average molecular weight is 362 g/mol. The van der Waals surface area contributed by atoms with Gasteiger partial charge in [0.2, 0.25) is 0 Å². The molecule has 25 heavy (non-hydrogen) atoms. The molecule has 0 fully saturated rings. The van der Waals surface area contributed by atoms with Crippen LogP contribution >= 0.6 is 0 Å². The largest absolute Gasteiger partial charge is 0.497 e. The van der Waals surface area contributed by atoms with Crippen LogP contribution in [0.15, 0.2) is 41.3 Å². The fourth-order valence-electron chi connectivity index (χ4n) is 2.44. The summed E-state index contributed by atoms with van der Waals surface area (Å²) < 4.78 is 38.4. The normalized spacial score (nSPS) is 16.4. The van der Waals surface area contributed by atoms with Crippen LogP contribution < -0.4 is 19.5 Å². The maximum Gasteiger partial charge on any atom is 0.265 e. The van der Waals surface area contributed by atoms with Crippen molar-refractivity contribution in [2.24, 2.45) is 0 Å². The number of anilines is 2. The van der Waals surface area contributed by atoms with Gasteiger partial charge < -0.3 is 14.8 Å². The quantitative estimate of drug-likeness (QED) is 0.872. The molecule has 3 rings (SSSR count). The number of nitrogens with one attached hydrogen (secondary N) is 2. The predicted octanol–water partition coefficient (Wildman–Crippen LogP) is 2.52. The molecule has 0 spiro atoms. The number of fused-ring (bicyclic) bond motifs is 1. The second-order valence-electron chi connectivity index (χ2n) is 5.69. The Morgan fingerprint density at radius 3 is 2.64 bits per heavy atom. The Morgan fingerprint density at radius 1 is 1.20 bits per heavy atom. The van der Waals surface area contributed by atoms with E-state index in [-0.39, 0.29) is 10.8 Å². The molecule has 8 heteroatoms. The van der Waals surface area contributed by atoms with Gasteiger partial charge in [-0.05, 0) is 55.8 Å². The minimum Gasteiger partial charge on any atom is -0.497 e. The molecule has 1 atom stereocenters. The summed E-state index contributed by atoms with van der Waals surface area (Å²) in [6.07, 6.45) is -0.616. The first-order valence-electron chi connectivity index (χ1n) is 7.59. The first kappa shape index (κ1) is 17.1. The summed E-state index contributed by atoms with van der Waals surface area (Å²) in [6, 6.07) is 9.38. The lowest BCUT2D eigenvalue weighted by molar-refractivity contribution is -0.122. The third kappa shape index (κ3) is 3.39. The Hall–Kier alpha value is -2.74. The molecule has 132 valence electrons. The molecule has 0 radical (unpaired) electrons. The Labute approximate surface area is 146 Å². The SMILES string of the molecule is COc1ccc(NS(=O)(=O)c2ccc3c(c2)NC(=O)C(C)O3)c(C)c1. The van der Waals surface area contributed by atoms with Gasteiger partial charge in [-0.3, -0.25) is 9.52 Å². The fourth-order valence-corrected chi connectivity index (χ4v) is 3.59. The third-order valence-electron chi connectivity index (χ3n) is 3.87. The van der Waals surface area contributed by atoms with Crippen molar-refractivity contribution in [1.82, 2.24) is 0 Å². The first-order chi connectivity index (χ1) is 11.8. The van der Waals surface area contributed by atoms with Crippen LogP contribution in [0.4, 0.5) is 11.4 Å². The summed E-state index contributed by atoms with van der Waals surface area (Å²) in [5, 5.41) is 2.64. The lowest BCUT2D eigenvalue weighted by Crippen LogP contribution is -2.34. The third-order valence-corrected chi connectivity index (χ3v) is 5.23. The Balaban J connectivity index is 1.91. The number of carbonyl (C=O) groups is 1. The van der Waals surface area contributed by atoms with E-state index in [1.54, 1.807) is 39.2 Å². The zero-order valence-corrected chi connectivity index (χ0v) is 14.8. The molecule has 7 nitrogen and oxygen atoms in total. The standard InChI is InChI=1S/C17H18N2O5S/c1-10-8-12(23-3)4-6-14(10)19-25(21,22)13-5-7-16-15(9-13)18-17(20)11(2)24-16/h4-9,11,19H,1-3H3,(H,18,20). The second kappa shape index (κ2) is 6.29. The van der Waals surface area contributed by atoms with Crippen molar-refractivity contribution < 1.29 is 22.7 Å². The van der Waals surface area contributed by atoms with E-state index in [9.17, 15) is 13.2 Å². The van der Waals surface area contributed by atoms with Crippen LogP contribution in [0.5, 0.6) is 11.5 Å². The molecule has 1 amide bonds. The Bertz CT molecular complexity index is 940. The molecule has 1 heterocycles. The van der Waals surface area contributed by atoms with Crippen LogP contribution in [-0.2, 0) is 14.8 Å². The van der Waals surface area contributed by atoms with Crippen molar-refractivity contribution in [3.05, 3.63) is 42.0 Å². The zero-order chi connectivity index (χ0) is 18.2. The maximum absolute atomic E-state index is 12.6. The Kier molecular flexibility index (Phi) is 4.30. The van der Waals surface area contributed by atoms with Crippen LogP contribution in [0.3, 0.4) is 0 Å². The number of amides is 1. The van der Waals surface area contributed by atoms with E-state index in [2.05, 4.69) is 10.0 Å². The fraction of sp³-hybridized carbons (Fsp3) is 0.235. The zero-order valence-electron chi connectivity index (χ0n) is 14.0. The van der Waals surface area contributed by atoms with E-state index in [0.29, 0.717) is 22.9 Å². The molecular weight excluding hydrogens is 344 g/mol. The van der Waals surface area contributed by atoms with E-state index < -0.39 is 16.1 Å². The predicted molar refractivity (Wildman–Crippen MR) is 93.7 cm³/mol. The van der Waals surface area contributed by atoms with E-state index in [0.717, 1.165) is 5.56 Å². The summed E-state index contributed by atoms with van der Waals surface area (Å²) in [5.41, 5.74) is 1.51. The number of ether oxygens (including phenoxy) is 2. The van der Waals surface area contributed by atoms with Gasteiger partial charge in [0, 0.05) is 0 Å². The number of carbonyl (C=O) groups excluding carboxylic acids is 1. The van der Waals surface area contributed by atoms with Crippen molar-refractivity contribution in [3.8, 4) is 11.5 Å². The molecule has 1 aliphatic rings. The number of aryl methyl sites for hydroxylation is 1. The minimum absolute atomic E-state index is 0.0277. The van der Waals surface area contributed by atoms with Crippen molar-refractivity contribution >= 4 is 27.3 Å². The van der Waals surface area contributed by atoms with Crippen molar-refractivity contribution in [2.45, 2.75) is 24.8 Å². The van der Waals surface area contributed by atoms with Crippen LogP contribution in [0.25, 0.3) is 0 Å². The molecule has 1 aliphatic heterocycles. The van der Waals surface area contributed by atoms with Gasteiger partial charge in [0.1, 0.15) is 11.5 Å². The molecule has 0 bridgehead atoms. The number of methoxy groups -OCH3 is 1. The second-order valence-corrected chi connectivity index (χ2v) is 7.38. The van der Waals surface area contributed by atoms with Gasteiger partial charge >= 0.3 is 0 Å². The van der Waals surface area contributed by atoms with Gasteiger partial charge in [-0.15, -0.1) is 0 Å². The van der Waals surface area contributed by atoms with E-state index >= 15 is 0 Å². The summed E-state index contributed by atoms with van der Waals surface area (Å²) in [7, 11) is -2.27. The highest BCUT2D eigenvalue weighted by molar-refractivity contribution is 7.92. The average Bonchev–Trinajstić information content (AvgIpc) is 2.57. The summed E-state index contributed by atoms with van der Waals surface area (Å²) in [4.78, 5) is 11.7. The van der Waals surface area contributed by atoms with Crippen molar-refractivity contribution in [1.29, 1.82) is 0 Å². The van der Waals surface area contributed by atoms with Gasteiger partial charge in [0.05, 0.1) is 23.4 Å². The summed E-state index contributed by atoms with van der Waals surface area (Å²) >= 11 is 0. The number of sulfonamides is 1. The number of hydrogen-bond donors (Lipinski definition) is 2. The van der Waals surface area contributed by atoms with Crippen LogP contribution in [0.1, 0.15) is 12.5 Å². The minimum atomic E-state index is -3.82. The molecule has 2 aromatic rings.